The minimum Gasteiger partial charge on any atom is -0.508 e. The van der Waals surface area contributed by atoms with Gasteiger partial charge in [-0.25, -0.2) is 9.97 Å². The largest absolute Gasteiger partial charge is 0.508 e. The Balaban J connectivity index is 2.26. The summed E-state index contributed by atoms with van der Waals surface area (Å²) in [5.41, 5.74) is 2.79. The number of nitrogens with zero attached hydrogens (tertiary/aromatic N) is 2. The highest BCUT2D eigenvalue weighted by molar-refractivity contribution is 9.10. The van der Waals surface area contributed by atoms with Crippen LogP contribution in [0.5, 0.6) is 5.75 Å². The molecule has 17 heavy (non-hydrogen) atoms. The van der Waals surface area contributed by atoms with E-state index < -0.39 is 0 Å². The lowest BCUT2D eigenvalue weighted by Gasteiger charge is -2.01. The van der Waals surface area contributed by atoms with E-state index in [4.69, 9.17) is 0 Å². The van der Waals surface area contributed by atoms with Gasteiger partial charge in [0.2, 0.25) is 0 Å². The van der Waals surface area contributed by atoms with Crippen LogP contribution in [0.1, 0.15) is 0 Å². The van der Waals surface area contributed by atoms with Gasteiger partial charge in [0, 0.05) is 10.9 Å². The van der Waals surface area contributed by atoms with Crippen molar-refractivity contribution in [1.82, 2.24) is 9.97 Å². The van der Waals surface area contributed by atoms with Crippen LogP contribution in [0.2, 0.25) is 0 Å². The van der Waals surface area contributed by atoms with Crippen LogP contribution < -0.4 is 0 Å². The van der Waals surface area contributed by atoms with Crippen molar-refractivity contribution in [1.29, 1.82) is 0 Å². The van der Waals surface area contributed by atoms with Crippen LogP contribution in [-0.2, 0) is 0 Å². The molecule has 2 aromatic heterocycles. The molecule has 84 valence electrons. The highest BCUT2D eigenvalue weighted by Crippen LogP contribution is 2.34. The standard InChI is InChI=1S/C12H7BrN2OS/c13-9-5-17-12-10(14-6-15-11(9)12)7-1-3-8(16)4-2-7/h1-6,16H. The lowest BCUT2D eigenvalue weighted by atomic mass is 10.1. The first-order valence-corrected chi connectivity index (χ1v) is 6.60. The molecule has 0 aliphatic heterocycles. The smallest absolute Gasteiger partial charge is 0.116 e. The van der Waals surface area contributed by atoms with Gasteiger partial charge in [-0.15, -0.1) is 11.3 Å². The monoisotopic (exact) mass is 306 g/mol. The van der Waals surface area contributed by atoms with Crippen molar-refractivity contribution in [2.24, 2.45) is 0 Å². The summed E-state index contributed by atoms with van der Waals surface area (Å²) in [5.74, 6) is 0.256. The summed E-state index contributed by atoms with van der Waals surface area (Å²) in [6, 6.07) is 7.02. The summed E-state index contributed by atoms with van der Waals surface area (Å²) in [5, 5.41) is 11.3. The number of hydrogen-bond acceptors (Lipinski definition) is 4. The van der Waals surface area contributed by atoms with E-state index in [9.17, 15) is 5.11 Å². The lowest BCUT2D eigenvalue weighted by Crippen LogP contribution is -1.85. The maximum atomic E-state index is 9.28. The van der Waals surface area contributed by atoms with Crippen LogP contribution in [0.25, 0.3) is 21.5 Å². The first-order valence-electron chi connectivity index (χ1n) is 4.93. The van der Waals surface area contributed by atoms with Crippen LogP contribution in [0.3, 0.4) is 0 Å². The fourth-order valence-corrected chi connectivity index (χ4v) is 3.25. The molecular weight excluding hydrogens is 300 g/mol. The van der Waals surface area contributed by atoms with Crippen LogP contribution >= 0.6 is 27.3 Å². The van der Waals surface area contributed by atoms with Gasteiger partial charge in [-0.2, -0.15) is 0 Å². The zero-order valence-corrected chi connectivity index (χ0v) is 11.0. The Morgan fingerprint density at radius 2 is 1.88 bits per heavy atom. The van der Waals surface area contributed by atoms with E-state index >= 15 is 0 Å². The van der Waals surface area contributed by atoms with E-state index in [0.717, 1.165) is 25.9 Å². The highest BCUT2D eigenvalue weighted by Gasteiger charge is 2.10. The van der Waals surface area contributed by atoms with Gasteiger partial charge >= 0.3 is 0 Å². The number of thiophene rings is 1. The normalized spacial score (nSPS) is 10.9. The summed E-state index contributed by atoms with van der Waals surface area (Å²) < 4.78 is 2.03. The van der Waals surface area contributed by atoms with Crippen LogP contribution in [0.15, 0.2) is 40.4 Å². The first kappa shape index (κ1) is 10.7. The summed E-state index contributed by atoms with van der Waals surface area (Å²) in [6.07, 6.45) is 1.56. The Morgan fingerprint density at radius 3 is 2.65 bits per heavy atom. The molecule has 5 heteroatoms. The third-order valence-electron chi connectivity index (χ3n) is 2.45. The molecule has 0 radical (unpaired) electrons. The summed E-state index contributed by atoms with van der Waals surface area (Å²) in [4.78, 5) is 8.56. The van der Waals surface area contributed by atoms with Crippen molar-refractivity contribution in [3.63, 3.8) is 0 Å². The molecule has 3 nitrogen and oxygen atoms in total. The Bertz CT molecular complexity index is 679. The van der Waals surface area contributed by atoms with Crippen molar-refractivity contribution < 1.29 is 5.11 Å². The molecule has 0 atom stereocenters. The second kappa shape index (κ2) is 4.09. The zero-order valence-electron chi connectivity index (χ0n) is 8.59. The molecule has 2 heterocycles. The Morgan fingerprint density at radius 1 is 1.12 bits per heavy atom. The number of aromatic hydroxyl groups is 1. The summed E-state index contributed by atoms with van der Waals surface area (Å²) in [6.45, 7) is 0. The average molecular weight is 307 g/mol. The van der Waals surface area contributed by atoms with Crippen molar-refractivity contribution in [2.75, 3.05) is 0 Å². The first-order chi connectivity index (χ1) is 8.25. The second-order valence-electron chi connectivity index (χ2n) is 3.53. The van der Waals surface area contributed by atoms with Gasteiger partial charge in [0.1, 0.15) is 12.1 Å². The van der Waals surface area contributed by atoms with E-state index in [2.05, 4.69) is 25.9 Å². The topological polar surface area (TPSA) is 46.0 Å². The molecule has 1 N–H and O–H groups in total. The maximum absolute atomic E-state index is 9.28. The molecule has 0 bridgehead atoms. The molecule has 0 unspecified atom stereocenters. The van der Waals surface area contributed by atoms with Gasteiger partial charge in [-0.05, 0) is 40.2 Å². The SMILES string of the molecule is Oc1ccc(-c2ncnc3c(Br)csc23)cc1. The molecule has 3 aromatic rings. The average Bonchev–Trinajstić information content (AvgIpc) is 2.73. The quantitative estimate of drug-likeness (QED) is 0.743. The molecule has 0 amide bonds. The van der Waals surface area contributed by atoms with Crippen LogP contribution in [0, 0.1) is 0 Å². The van der Waals surface area contributed by atoms with Gasteiger partial charge in [-0.1, -0.05) is 0 Å². The van der Waals surface area contributed by atoms with E-state index in [0.29, 0.717) is 0 Å². The van der Waals surface area contributed by atoms with Gasteiger partial charge in [0.15, 0.2) is 0 Å². The van der Waals surface area contributed by atoms with Crippen molar-refractivity contribution in [3.05, 3.63) is 40.4 Å². The van der Waals surface area contributed by atoms with Crippen LogP contribution in [0.4, 0.5) is 0 Å². The molecule has 0 aliphatic carbocycles. The summed E-state index contributed by atoms with van der Waals surface area (Å²) in [7, 11) is 0. The van der Waals surface area contributed by atoms with Gasteiger partial charge in [0.25, 0.3) is 0 Å². The second-order valence-corrected chi connectivity index (χ2v) is 5.26. The molecule has 0 fully saturated rings. The fraction of sp³-hybridized carbons (Fsp3) is 0. The number of fused-ring (bicyclic) bond motifs is 1. The number of benzene rings is 1. The Labute approximate surface area is 110 Å². The van der Waals surface area contributed by atoms with E-state index in [-0.39, 0.29) is 5.75 Å². The Kier molecular flexibility index (Phi) is 2.57. The van der Waals surface area contributed by atoms with E-state index in [1.165, 1.54) is 0 Å². The van der Waals surface area contributed by atoms with Gasteiger partial charge < -0.3 is 5.11 Å². The maximum Gasteiger partial charge on any atom is 0.116 e. The minimum atomic E-state index is 0.256. The molecule has 1 aromatic carbocycles. The van der Waals surface area contributed by atoms with E-state index in [1.54, 1.807) is 29.8 Å². The number of phenolic OH excluding ortho intramolecular Hbond substituents is 1. The van der Waals surface area contributed by atoms with Gasteiger partial charge in [-0.3, -0.25) is 0 Å². The molecule has 0 saturated carbocycles. The number of aromatic nitrogens is 2. The van der Waals surface area contributed by atoms with Gasteiger partial charge in [0.05, 0.1) is 20.4 Å². The molecule has 3 rings (SSSR count). The van der Waals surface area contributed by atoms with Crippen LogP contribution in [-0.4, -0.2) is 15.1 Å². The predicted octanol–water partition coefficient (Wildman–Crippen LogP) is 3.83. The third-order valence-corrected chi connectivity index (χ3v) is 4.33. The van der Waals surface area contributed by atoms with Crippen molar-refractivity contribution in [2.45, 2.75) is 0 Å². The Hall–Kier alpha value is -1.46. The van der Waals surface area contributed by atoms with Crippen molar-refractivity contribution in [3.8, 4) is 17.0 Å². The molecule has 0 aliphatic rings. The van der Waals surface area contributed by atoms with E-state index in [1.807, 2.05) is 17.5 Å². The summed E-state index contributed by atoms with van der Waals surface area (Å²) >= 11 is 5.07. The molecule has 0 saturated heterocycles. The number of halogens is 1. The number of phenols is 1. The number of rotatable bonds is 1. The highest BCUT2D eigenvalue weighted by atomic mass is 79.9. The number of hydrogen-bond donors (Lipinski definition) is 1. The molecule has 0 spiro atoms. The third kappa shape index (κ3) is 1.81. The minimum absolute atomic E-state index is 0.256. The molecular formula is C12H7BrN2OS. The van der Waals surface area contributed by atoms with Crippen molar-refractivity contribution >= 4 is 37.5 Å². The zero-order chi connectivity index (χ0) is 11.8. The predicted molar refractivity (Wildman–Crippen MR) is 72.2 cm³/mol. The fourth-order valence-electron chi connectivity index (χ4n) is 1.65. The lowest BCUT2D eigenvalue weighted by molar-refractivity contribution is 0.475.